The molecule has 0 spiro atoms. The van der Waals surface area contributed by atoms with Crippen molar-refractivity contribution in [3.63, 3.8) is 0 Å². The lowest BCUT2D eigenvalue weighted by molar-refractivity contribution is -0.387. The first-order chi connectivity index (χ1) is 6.56. The summed E-state index contributed by atoms with van der Waals surface area (Å²) in [7, 11) is 0. The molecule has 0 unspecified atom stereocenters. The quantitative estimate of drug-likeness (QED) is 0.580. The van der Waals surface area contributed by atoms with E-state index in [2.05, 4.69) is 0 Å². The van der Waals surface area contributed by atoms with Crippen LogP contribution in [-0.2, 0) is 0 Å². The van der Waals surface area contributed by atoms with E-state index in [1.54, 1.807) is 6.92 Å². The van der Waals surface area contributed by atoms with Crippen molar-refractivity contribution in [3.8, 4) is 5.75 Å². The Balaban J connectivity index is 3.20. The number of nitrogens with zero attached hydrogens (tertiary/aromatic N) is 1. The maximum absolute atomic E-state index is 12.9. The molecule has 1 aromatic carbocycles. The number of ether oxygens (including phenoxy) is 1. The number of nitro groups is 1. The smallest absolute Gasteiger partial charge is 0.308 e. The van der Waals surface area contributed by atoms with E-state index in [1.165, 1.54) is 0 Å². The lowest BCUT2D eigenvalue weighted by Crippen LogP contribution is -1.97. The Hall–Kier alpha value is -1.36. The molecule has 0 bridgehead atoms. The second-order valence-electron chi connectivity index (χ2n) is 2.42. The largest absolute Gasteiger partial charge is 0.492 e. The molecule has 0 radical (unpaired) electrons. The van der Waals surface area contributed by atoms with E-state index in [4.69, 9.17) is 16.3 Å². The van der Waals surface area contributed by atoms with E-state index < -0.39 is 16.4 Å². The van der Waals surface area contributed by atoms with E-state index in [0.717, 1.165) is 12.1 Å². The van der Waals surface area contributed by atoms with Crippen molar-refractivity contribution in [2.45, 2.75) is 6.92 Å². The van der Waals surface area contributed by atoms with Crippen molar-refractivity contribution >= 4 is 17.3 Å². The third-order valence-corrected chi connectivity index (χ3v) is 1.79. The van der Waals surface area contributed by atoms with Gasteiger partial charge < -0.3 is 4.74 Å². The van der Waals surface area contributed by atoms with Gasteiger partial charge in [-0.15, -0.1) is 0 Å². The van der Waals surface area contributed by atoms with E-state index in [1.807, 2.05) is 0 Å². The average molecular weight is 220 g/mol. The second kappa shape index (κ2) is 4.23. The molecule has 0 aliphatic heterocycles. The molecule has 0 fully saturated rings. The predicted molar refractivity (Wildman–Crippen MR) is 49.2 cm³/mol. The standard InChI is InChI=1S/C8H7ClFNO3/c1-2-14-8-4-7(11(12)13)6(10)3-5(8)9/h3-4H,2H2,1H3. The molecule has 0 saturated carbocycles. The van der Waals surface area contributed by atoms with Crippen LogP contribution < -0.4 is 4.74 Å². The summed E-state index contributed by atoms with van der Waals surface area (Å²) in [6, 6.07) is 1.84. The normalized spacial score (nSPS) is 9.93. The van der Waals surface area contributed by atoms with Gasteiger partial charge in [0.1, 0.15) is 5.75 Å². The van der Waals surface area contributed by atoms with Gasteiger partial charge in [-0.25, -0.2) is 0 Å². The van der Waals surface area contributed by atoms with E-state index in [-0.39, 0.29) is 10.8 Å². The zero-order valence-electron chi connectivity index (χ0n) is 7.29. The van der Waals surface area contributed by atoms with Gasteiger partial charge in [-0.2, -0.15) is 4.39 Å². The zero-order valence-corrected chi connectivity index (χ0v) is 8.05. The number of halogens is 2. The Kier molecular flexibility index (Phi) is 3.24. The molecule has 0 atom stereocenters. The molecule has 1 aromatic rings. The molecule has 6 heteroatoms. The third-order valence-electron chi connectivity index (χ3n) is 1.50. The highest BCUT2D eigenvalue weighted by atomic mass is 35.5. The molecule has 14 heavy (non-hydrogen) atoms. The van der Waals surface area contributed by atoms with Gasteiger partial charge in [0.05, 0.1) is 22.6 Å². The number of hydrogen-bond acceptors (Lipinski definition) is 3. The first-order valence-electron chi connectivity index (χ1n) is 3.82. The summed E-state index contributed by atoms with van der Waals surface area (Å²) >= 11 is 5.60. The minimum absolute atomic E-state index is 0.0231. The summed E-state index contributed by atoms with van der Waals surface area (Å²) in [6.07, 6.45) is 0. The summed E-state index contributed by atoms with van der Waals surface area (Å²) < 4.78 is 17.9. The number of nitro benzene ring substituents is 1. The van der Waals surface area contributed by atoms with Crippen LogP contribution in [-0.4, -0.2) is 11.5 Å². The maximum atomic E-state index is 12.9. The SMILES string of the molecule is CCOc1cc([N+](=O)[O-])c(F)cc1Cl. The van der Waals surface area contributed by atoms with Crippen molar-refractivity contribution in [1.29, 1.82) is 0 Å². The first kappa shape index (κ1) is 10.7. The Bertz CT molecular complexity index is 370. The van der Waals surface area contributed by atoms with Crippen LogP contribution in [0.25, 0.3) is 0 Å². The molecular formula is C8H7ClFNO3. The molecule has 0 aromatic heterocycles. The monoisotopic (exact) mass is 219 g/mol. The fraction of sp³-hybridized carbons (Fsp3) is 0.250. The van der Waals surface area contributed by atoms with Gasteiger partial charge in [-0.3, -0.25) is 10.1 Å². The number of hydrogen-bond donors (Lipinski definition) is 0. The fourth-order valence-electron chi connectivity index (χ4n) is 0.924. The Labute approximate surface area is 84.4 Å². The predicted octanol–water partition coefficient (Wildman–Crippen LogP) is 2.79. The van der Waals surface area contributed by atoms with Crippen LogP contribution in [0.2, 0.25) is 5.02 Å². The van der Waals surface area contributed by atoms with Crippen molar-refractivity contribution < 1.29 is 14.1 Å². The highest BCUT2D eigenvalue weighted by Crippen LogP contribution is 2.31. The van der Waals surface area contributed by atoms with Crippen LogP contribution in [0.15, 0.2) is 12.1 Å². The van der Waals surface area contributed by atoms with E-state index in [9.17, 15) is 14.5 Å². The lowest BCUT2D eigenvalue weighted by Gasteiger charge is -2.04. The highest BCUT2D eigenvalue weighted by molar-refractivity contribution is 6.32. The number of rotatable bonds is 3. The molecule has 0 heterocycles. The fourth-order valence-corrected chi connectivity index (χ4v) is 1.13. The van der Waals surface area contributed by atoms with Crippen LogP contribution >= 0.6 is 11.6 Å². The third kappa shape index (κ3) is 2.11. The van der Waals surface area contributed by atoms with Crippen LogP contribution in [0.5, 0.6) is 5.75 Å². The lowest BCUT2D eigenvalue weighted by atomic mass is 10.3. The topological polar surface area (TPSA) is 52.4 Å². The first-order valence-corrected chi connectivity index (χ1v) is 4.20. The Morgan fingerprint density at radius 3 is 2.79 bits per heavy atom. The minimum Gasteiger partial charge on any atom is -0.492 e. The van der Waals surface area contributed by atoms with E-state index in [0.29, 0.717) is 6.61 Å². The average Bonchev–Trinajstić information content (AvgIpc) is 2.09. The molecule has 4 nitrogen and oxygen atoms in total. The van der Waals surface area contributed by atoms with Crippen molar-refractivity contribution in [1.82, 2.24) is 0 Å². The van der Waals surface area contributed by atoms with Gasteiger partial charge in [0.15, 0.2) is 0 Å². The summed E-state index contributed by atoms with van der Waals surface area (Å²) in [6.45, 7) is 2.01. The maximum Gasteiger partial charge on any atom is 0.308 e. The van der Waals surface area contributed by atoms with Crippen molar-refractivity contribution in [2.24, 2.45) is 0 Å². The van der Waals surface area contributed by atoms with Gasteiger partial charge >= 0.3 is 5.69 Å². The molecule has 0 aliphatic rings. The van der Waals surface area contributed by atoms with E-state index >= 15 is 0 Å². The van der Waals surface area contributed by atoms with Gasteiger partial charge in [0.25, 0.3) is 0 Å². The van der Waals surface area contributed by atoms with Crippen LogP contribution in [0.3, 0.4) is 0 Å². The van der Waals surface area contributed by atoms with Crippen LogP contribution in [0, 0.1) is 15.9 Å². The molecule has 0 N–H and O–H groups in total. The highest BCUT2D eigenvalue weighted by Gasteiger charge is 2.17. The molecule has 0 amide bonds. The molecule has 76 valence electrons. The summed E-state index contributed by atoms with van der Waals surface area (Å²) in [5.41, 5.74) is -0.641. The zero-order chi connectivity index (χ0) is 10.7. The second-order valence-corrected chi connectivity index (χ2v) is 2.83. The van der Waals surface area contributed by atoms with Crippen molar-refractivity contribution in [2.75, 3.05) is 6.61 Å². The number of benzene rings is 1. The van der Waals surface area contributed by atoms with Crippen LogP contribution in [0.4, 0.5) is 10.1 Å². The molecule has 0 aliphatic carbocycles. The molecular weight excluding hydrogens is 213 g/mol. The summed E-state index contributed by atoms with van der Waals surface area (Å²) in [5, 5.41) is 10.4. The van der Waals surface area contributed by atoms with Gasteiger partial charge in [-0.1, -0.05) is 11.6 Å². The van der Waals surface area contributed by atoms with Crippen molar-refractivity contribution in [3.05, 3.63) is 33.1 Å². The molecule has 0 saturated heterocycles. The summed E-state index contributed by atoms with van der Waals surface area (Å²) in [4.78, 5) is 9.53. The molecule has 1 rings (SSSR count). The van der Waals surface area contributed by atoms with Gasteiger partial charge in [0, 0.05) is 6.07 Å². The Morgan fingerprint density at radius 1 is 1.64 bits per heavy atom. The minimum atomic E-state index is -0.969. The van der Waals surface area contributed by atoms with Gasteiger partial charge in [0.2, 0.25) is 5.82 Å². The Morgan fingerprint density at radius 2 is 2.29 bits per heavy atom. The van der Waals surface area contributed by atoms with Crippen LogP contribution in [0.1, 0.15) is 6.92 Å². The van der Waals surface area contributed by atoms with Gasteiger partial charge in [-0.05, 0) is 6.92 Å². The summed E-state index contributed by atoms with van der Waals surface area (Å²) in [5.74, 6) is -0.856.